The van der Waals surface area contributed by atoms with Crippen molar-refractivity contribution in [2.75, 3.05) is 26.4 Å². The molecular formula is C48H64F5NO11S. The van der Waals surface area contributed by atoms with E-state index in [4.69, 9.17) is 18.9 Å². The van der Waals surface area contributed by atoms with E-state index >= 15 is 0 Å². The van der Waals surface area contributed by atoms with E-state index in [-0.39, 0.29) is 43.2 Å². The van der Waals surface area contributed by atoms with Crippen molar-refractivity contribution in [1.82, 2.24) is 5.32 Å². The second-order valence-electron chi connectivity index (χ2n) is 20.6. The van der Waals surface area contributed by atoms with E-state index in [0.29, 0.717) is 42.9 Å². The summed E-state index contributed by atoms with van der Waals surface area (Å²) >= 11 is 0. The summed E-state index contributed by atoms with van der Waals surface area (Å²) in [5.74, 6) is -3.97. The summed E-state index contributed by atoms with van der Waals surface area (Å²) in [7, 11) is -6.52. The Morgan fingerprint density at radius 2 is 1.30 bits per heavy atom. The molecule has 3 atom stereocenters. The van der Waals surface area contributed by atoms with Crippen LogP contribution in [0.1, 0.15) is 129 Å². The summed E-state index contributed by atoms with van der Waals surface area (Å²) in [6.07, 6.45) is -3.12. The van der Waals surface area contributed by atoms with E-state index in [2.05, 4.69) is 11.1 Å². The maximum absolute atomic E-state index is 15.0. The number of carbonyl (C=O) groups excluding carboxylic acids is 3. The molecule has 0 radical (unpaired) electrons. The van der Waals surface area contributed by atoms with Gasteiger partial charge in [0.1, 0.15) is 18.0 Å². The van der Waals surface area contributed by atoms with Crippen molar-refractivity contribution >= 4 is 28.0 Å². The Morgan fingerprint density at radius 1 is 0.788 bits per heavy atom. The Labute approximate surface area is 384 Å². The van der Waals surface area contributed by atoms with E-state index < -0.39 is 81.3 Å². The first-order valence-corrected chi connectivity index (χ1v) is 24.2. The fraction of sp³-hybridized carbons (Fsp3) is 0.688. The Hall–Kier alpha value is -3.87. The smallest absolute Gasteiger partial charge is 0.446 e. The summed E-state index contributed by atoms with van der Waals surface area (Å²) in [6.45, 7) is 8.67. The number of ether oxygens (including phenoxy) is 4. The molecular weight excluding hydrogens is 894 g/mol. The summed E-state index contributed by atoms with van der Waals surface area (Å²) in [5, 5.41) is 6.30. The number of amides is 1. The first kappa shape index (κ1) is 51.5. The van der Waals surface area contributed by atoms with Gasteiger partial charge in [-0.25, -0.2) is 0 Å². The molecule has 5 aliphatic rings. The van der Waals surface area contributed by atoms with Gasteiger partial charge >= 0.3 is 39.4 Å². The van der Waals surface area contributed by atoms with Gasteiger partial charge in [-0.05, 0) is 158 Å². The van der Waals surface area contributed by atoms with Crippen LogP contribution in [0.25, 0.3) is 0 Å². The van der Waals surface area contributed by atoms with Crippen LogP contribution < -0.4 is 5.32 Å². The summed E-state index contributed by atoms with van der Waals surface area (Å²) in [5.41, 5.74) is -0.922. The monoisotopic (exact) mass is 957 g/mol. The molecule has 3 unspecified atom stereocenters. The first-order valence-electron chi connectivity index (χ1n) is 22.8. The molecule has 4 bridgehead atoms. The summed E-state index contributed by atoms with van der Waals surface area (Å²) in [4.78, 5) is 40.4. The lowest BCUT2D eigenvalue weighted by molar-refractivity contribution is -0.288. The molecule has 368 valence electrons. The highest BCUT2D eigenvalue weighted by molar-refractivity contribution is 7.88. The third-order valence-corrected chi connectivity index (χ3v) is 15.7. The molecule has 2 N–H and O–H groups in total. The SMILES string of the molecule is CC1(CC(OS(=O)(=O)C(F)(F)C(=O)NCCOC(=O)C(C)(C)CC(CC(CC(C)(C)C(=O)OC2(C)C3CC4CC(C3)CC2C4)c2ccccc2)c2ccc(O)cc2)C(F)(F)F)OCCCO1. The van der Waals surface area contributed by atoms with Crippen molar-refractivity contribution in [3.8, 4) is 5.75 Å². The third kappa shape index (κ3) is 11.9. The minimum atomic E-state index is -6.52. The van der Waals surface area contributed by atoms with Crippen LogP contribution in [0.15, 0.2) is 54.6 Å². The van der Waals surface area contributed by atoms with Crippen molar-refractivity contribution in [2.24, 2.45) is 34.5 Å². The van der Waals surface area contributed by atoms with E-state index in [1.54, 1.807) is 31.3 Å². The van der Waals surface area contributed by atoms with Gasteiger partial charge in [-0.3, -0.25) is 18.6 Å². The van der Waals surface area contributed by atoms with Gasteiger partial charge in [-0.1, -0.05) is 42.5 Å². The minimum absolute atomic E-state index is 0.0274. The van der Waals surface area contributed by atoms with Gasteiger partial charge in [0.15, 0.2) is 11.9 Å². The van der Waals surface area contributed by atoms with Gasteiger partial charge in [-0.15, -0.1) is 0 Å². The molecule has 18 heteroatoms. The zero-order chi connectivity index (χ0) is 48.5. The molecule has 5 fully saturated rings. The average Bonchev–Trinajstić information content (AvgIpc) is 3.23. The molecule has 1 amide bonds. The van der Waals surface area contributed by atoms with Gasteiger partial charge in [-0.2, -0.15) is 30.4 Å². The highest BCUT2D eigenvalue weighted by Crippen LogP contribution is 2.60. The molecule has 0 aromatic heterocycles. The van der Waals surface area contributed by atoms with Gasteiger partial charge < -0.3 is 29.4 Å². The fourth-order valence-electron chi connectivity index (χ4n) is 10.8. The van der Waals surface area contributed by atoms with Crippen molar-refractivity contribution in [2.45, 2.75) is 147 Å². The van der Waals surface area contributed by atoms with Crippen LogP contribution in [-0.4, -0.2) is 86.7 Å². The van der Waals surface area contributed by atoms with Gasteiger partial charge in [0, 0.05) is 6.42 Å². The van der Waals surface area contributed by atoms with Crippen LogP contribution >= 0.6 is 0 Å². The second kappa shape index (κ2) is 19.6. The molecule has 7 rings (SSSR count). The number of aromatic hydroxyl groups is 1. The zero-order valence-electron chi connectivity index (χ0n) is 38.5. The Balaban J connectivity index is 1.10. The van der Waals surface area contributed by atoms with Gasteiger partial charge in [0.25, 0.3) is 0 Å². The van der Waals surface area contributed by atoms with E-state index in [0.717, 1.165) is 43.7 Å². The fourth-order valence-corrected chi connectivity index (χ4v) is 11.7. The molecule has 4 saturated carbocycles. The van der Waals surface area contributed by atoms with E-state index in [1.807, 2.05) is 44.2 Å². The van der Waals surface area contributed by atoms with Gasteiger partial charge in [0.2, 0.25) is 0 Å². The Kier molecular flexibility index (Phi) is 15.3. The van der Waals surface area contributed by atoms with Crippen molar-refractivity contribution in [3.05, 3.63) is 65.7 Å². The summed E-state index contributed by atoms with van der Waals surface area (Å²) in [6, 6.07) is 16.3. The van der Waals surface area contributed by atoms with Crippen molar-refractivity contribution < 1.29 is 73.0 Å². The van der Waals surface area contributed by atoms with E-state index in [1.165, 1.54) is 18.6 Å². The number of benzene rings is 2. The van der Waals surface area contributed by atoms with Crippen LogP contribution in [-0.2, 0) is 47.6 Å². The molecule has 1 saturated heterocycles. The average molecular weight is 958 g/mol. The number of hydrogen-bond acceptors (Lipinski definition) is 11. The number of nitrogens with one attached hydrogen (secondary N) is 1. The number of esters is 2. The van der Waals surface area contributed by atoms with Crippen LogP contribution in [0.5, 0.6) is 5.75 Å². The molecule has 0 spiro atoms. The van der Waals surface area contributed by atoms with Crippen LogP contribution in [0.4, 0.5) is 22.0 Å². The number of halogens is 5. The number of rotatable bonds is 20. The maximum atomic E-state index is 15.0. The van der Waals surface area contributed by atoms with E-state index in [9.17, 15) is 49.9 Å². The highest BCUT2D eigenvalue weighted by Gasteiger charge is 2.60. The lowest BCUT2D eigenvalue weighted by atomic mass is 9.50. The zero-order valence-corrected chi connectivity index (χ0v) is 39.3. The predicted octanol–water partition coefficient (Wildman–Crippen LogP) is 9.31. The first-order chi connectivity index (χ1) is 30.6. The van der Waals surface area contributed by atoms with Crippen LogP contribution in [0.3, 0.4) is 0 Å². The third-order valence-electron chi connectivity index (χ3n) is 14.4. The molecule has 4 aliphatic carbocycles. The molecule has 1 aliphatic heterocycles. The molecule has 12 nitrogen and oxygen atoms in total. The molecule has 66 heavy (non-hydrogen) atoms. The number of phenolic OH excluding ortho intramolecular Hbond substituents is 1. The number of hydrogen-bond donors (Lipinski definition) is 2. The Bertz CT molecular complexity index is 2100. The number of carbonyl (C=O) groups is 3. The standard InChI is InChI=1S/C48H64F5NO11S/c1-43(2,41(57)61-20-17-54-40(56)48(52,53)66(59,60)65-39(47(49,50)51)29-45(5)62-18-10-19-63-45)27-35(33-13-15-38(55)16-14-33)26-34(32-11-8-7-9-12-32)28-44(3,4)42(58)64-46(6)36-22-30-21-31(24-36)25-37(46)23-30/h7-9,11-16,30-31,34-37,39,55H,10,17-29H2,1-6H3,(H,54,56). The largest absolute Gasteiger partial charge is 0.508 e. The van der Waals surface area contributed by atoms with Crippen molar-refractivity contribution in [3.63, 3.8) is 0 Å². The molecule has 2 aromatic carbocycles. The molecule has 2 aromatic rings. The predicted molar refractivity (Wildman–Crippen MR) is 231 cm³/mol. The minimum Gasteiger partial charge on any atom is -0.508 e. The highest BCUT2D eigenvalue weighted by atomic mass is 32.2. The number of phenols is 1. The molecule has 1 heterocycles. The second-order valence-corrected chi connectivity index (χ2v) is 22.2. The maximum Gasteiger partial charge on any atom is 0.446 e. The lowest BCUT2D eigenvalue weighted by Crippen LogP contribution is -2.58. The quantitative estimate of drug-likeness (QED) is 0.0563. The Morgan fingerprint density at radius 3 is 1.83 bits per heavy atom. The van der Waals surface area contributed by atoms with Gasteiger partial charge in [0.05, 0.1) is 30.6 Å². The van der Waals surface area contributed by atoms with Crippen LogP contribution in [0.2, 0.25) is 0 Å². The normalized spacial score (nSPS) is 25.7. The topological polar surface area (TPSA) is 164 Å². The summed E-state index contributed by atoms with van der Waals surface area (Å²) < 4.78 is 123. The van der Waals surface area contributed by atoms with Crippen LogP contribution in [0, 0.1) is 34.5 Å². The number of alkyl halides is 5. The van der Waals surface area contributed by atoms with Crippen molar-refractivity contribution in [1.29, 1.82) is 0 Å². The lowest BCUT2D eigenvalue weighted by Gasteiger charge is -2.59.